The van der Waals surface area contributed by atoms with E-state index in [0.29, 0.717) is 30.1 Å². The van der Waals surface area contributed by atoms with Gasteiger partial charge in [0.1, 0.15) is 30.1 Å². The molecule has 5 rings (SSSR count). The topological polar surface area (TPSA) is 103 Å². The van der Waals surface area contributed by atoms with Gasteiger partial charge in [-0.25, -0.2) is 9.97 Å². The van der Waals surface area contributed by atoms with Crippen molar-refractivity contribution in [2.24, 2.45) is 5.92 Å². The maximum atomic E-state index is 12.3. The summed E-state index contributed by atoms with van der Waals surface area (Å²) in [7, 11) is 3.91. The van der Waals surface area contributed by atoms with Gasteiger partial charge in [-0.3, -0.25) is 4.79 Å². The van der Waals surface area contributed by atoms with E-state index in [9.17, 15) is 9.90 Å². The lowest BCUT2D eigenvalue weighted by atomic mass is 9.92. The molecule has 3 aliphatic heterocycles. The van der Waals surface area contributed by atoms with E-state index in [1.54, 1.807) is 14.0 Å². The molecule has 0 bridgehead atoms. The number of hydrogen-bond acceptors (Lipinski definition) is 9. The van der Waals surface area contributed by atoms with Gasteiger partial charge in [-0.05, 0) is 50.8 Å². The smallest absolute Gasteiger partial charge is 0.219 e. The van der Waals surface area contributed by atoms with Gasteiger partial charge in [-0.1, -0.05) is 12.1 Å². The molecule has 4 heterocycles. The molecule has 39 heavy (non-hydrogen) atoms. The Kier molecular flexibility index (Phi) is 8.84. The third kappa shape index (κ3) is 6.45. The Balaban J connectivity index is 1.45. The first-order valence-corrected chi connectivity index (χ1v) is 14.2. The predicted molar refractivity (Wildman–Crippen MR) is 151 cm³/mol. The number of ether oxygens (including phenoxy) is 2. The predicted octanol–water partition coefficient (Wildman–Crippen LogP) is 2.17. The molecule has 2 aromatic rings. The van der Waals surface area contributed by atoms with E-state index < -0.39 is 6.10 Å². The summed E-state index contributed by atoms with van der Waals surface area (Å²) in [6.45, 7) is 6.38. The molecule has 1 aromatic heterocycles. The van der Waals surface area contributed by atoms with Crippen molar-refractivity contribution >= 4 is 17.5 Å². The number of benzene rings is 1. The first-order chi connectivity index (χ1) is 18.9. The molecule has 1 amide bonds. The number of piperidine rings is 1. The number of likely N-dealkylation sites (tertiary alicyclic amines) is 1. The molecule has 0 spiro atoms. The number of aliphatic hydroxyl groups excluding tert-OH is 1. The Bertz CT molecular complexity index is 1130. The molecule has 0 radical (unpaired) electrons. The first kappa shape index (κ1) is 27.6. The number of aromatic nitrogens is 2. The van der Waals surface area contributed by atoms with E-state index in [-0.39, 0.29) is 18.6 Å². The highest BCUT2D eigenvalue weighted by Gasteiger charge is 2.40. The summed E-state index contributed by atoms with van der Waals surface area (Å²) in [6.07, 6.45) is 3.52. The van der Waals surface area contributed by atoms with Gasteiger partial charge in [0.05, 0.1) is 6.04 Å². The summed E-state index contributed by atoms with van der Waals surface area (Å²) < 4.78 is 11.5. The van der Waals surface area contributed by atoms with Gasteiger partial charge in [0.25, 0.3) is 0 Å². The Morgan fingerprint density at radius 1 is 1.23 bits per heavy atom. The summed E-state index contributed by atoms with van der Waals surface area (Å²) in [5.41, 5.74) is 0.862. The highest BCUT2D eigenvalue weighted by molar-refractivity contribution is 5.74. The van der Waals surface area contributed by atoms with Crippen LogP contribution in [0, 0.1) is 5.92 Å². The monoisotopic (exact) mass is 538 g/mol. The van der Waals surface area contributed by atoms with Crippen LogP contribution < -0.4 is 19.9 Å². The summed E-state index contributed by atoms with van der Waals surface area (Å²) >= 11 is 0. The van der Waals surface area contributed by atoms with Crippen molar-refractivity contribution < 1.29 is 19.4 Å². The molecule has 0 saturated carbocycles. The van der Waals surface area contributed by atoms with Crippen LogP contribution in [0.1, 0.15) is 32.6 Å². The van der Waals surface area contributed by atoms with Crippen molar-refractivity contribution in [2.45, 2.75) is 50.8 Å². The molecule has 10 heteroatoms. The fraction of sp³-hybridized carbons (Fsp3) is 0.621. The van der Waals surface area contributed by atoms with Crippen LogP contribution in [0.15, 0.2) is 30.3 Å². The van der Waals surface area contributed by atoms with Gasteiger partial charge in [0.15, 0.2) is 5.82 Å². The van der Waals surface area contributed by atoms with Crippen molar-refractivity contribution in [3.05, 3.63) is 30.3 Å². The number of nitrogens with zero attached hydrogens (tertiary/aromatic N) is 5. The summed E-state index contributed by atoms with van der Waals surface area (Å²) in [4.78, 5) is 29.1. The number of likely N-dealkylation sites (N-methyl/N-ethyl adjacent to an activating group) is 1. The minimum atomic E-state index is -0.591. The molecule has 0 aliphatic carbocycles. The number of hydrogen-bond donors (Lipinski definition) is 2. The van der Waals surface area contributed by atoms with Crippen LogP contribution in [0.4, 0.5) is 11.6 Å². The van der Waals surface area contributed by atoms with Crippen LogP contribution >= 0.6 is 0 Å². The lowest BCUT2D eigenvalue weighted by Crippen LogP contribution is -2.47. The highest BCUT2D eigenvalue weighted by Crippen LogP contribution is 2.35. The zero-order chi connectivity index (χ0) is 27.4. The van der Waals surface area contributed by atoms with E-state index in [2.05, 4.69) is 33.1 Å². The van der Waals surface area contributed by atoms with Crippen LogP contribution in [0.5, 0.6) is 5.75 Å². The van der Waals surface area contributed by atoms with Gasteiger partial charge in [-0.15, -0.1) is 0 Å². The van der Waals surface area contributed by atoms with Crippen molar-refractivity contribution in [2.75, 3.05) is 69.9 Å². The molecular weight excluding hydrogens is 496 g/mol. The second-order valence-corrected chi connectivity index (χ2v) is 11.0. The quantitative estimate of drug-likeness (QED) is 0.497. The van der Waals surface area contributed by atoms with Crippen molar-refractivity contribution in [3.63, 3.8) is 0 Å². The summed E-state index contributed by atoms with van der Waals surface area (Å²) in [5, 5.41) is 13.0. The zero-order valence-electron chi connectivity index (χ0n) is 23.4. The third-order valence-corrected chi connectivity index (χ3v) is 8.28. The molecule has 1 unspecified atom stereocenters. The number of nitrogens with one attached hydrogen (secondary N) is 1. The molecular formula is C29H42N6O4. The number of aliphatic hydroxyl groups is 1. The van der Waals surface area contributed by atoms with E-state index >= 15 is 0 Å². The van der Waals surface area contributed by atoms with Crippen molar-refractivity contribution in [3.8, 4) is 17.1 Å². The fourth-order valence-electron chi connectivity index (χ4n) is 6.12. The third-order valence-electron chi connectivity index (χ3n) is 8.28. The lowest BCUT2D eigenvalue weighted by Gasteiger charge is -2.36. The Labute approximate surface area is 231 Å². The molecule has 3 saturated heterocycles. The molecule has 212 valence electrons. The first-order valence-electron chi connectivity index (χ1n) is 14.2. The Morgan fingerprint density at radius 2 is 2.05 bits per heavy atom. The van der Waals surface area contributed by atoms with Crippen LogP contribution in [0.2, 0.25) is 0 Å². The van der Waals surface area contributed by atoms with Gasteiger partial charge in [0, 0.05) is 71.0 Å². The average Bonchev–Trinajstić information content (AvgIpc) is 3.41. The largest absolute Gasteiger partial charge is 0.491 e. The standard InChI is InChI=1S/C29H42N6O4/c1-20(36)35-11-5-7-22-17-34(18-26(22)35)28-15-27(33(3)23-9-12-38-13-10-23)31-29(32-28)21-6-4-8-25(14-21)39-19-24(37)16-30-2/h4,6,8,14-15,22-24,26,30,37H,5,7,9-13,16-19H2,1-3H3/t22-,24?,26+/m0/s1. The normalized spacial score (nSPS) is 22.5. The van der Waals surface area contributed by atoms with Gasteiger partial charge in [-0.2, -0.15) is 0 Å². The van der Waals surface area contributed by atoms with Gasteiger partial charge >= 0.3 is 0 Å². The Morgan fingerprint density at radius 3 is 2.82 bits per heavy atom. The number of amides is 1. The van der Waals surface area contributed by atoms with Crippen LogP contribution in [0.3, 0.4) is 0 Å². The van der Waals surface area contributed by atoms with Gasteiger partial charge < -0.3 is 34.6 Å². The SMILES string of the molecule is CNCC(O)COc1cccc(-c2nc(N3C[C@@H]4CCCN(C(C)=O)[C@@H]4C3)cc(N(C)C3CCOCC3)n2)c1. The molecule has 3 fully saturated rings. The second-order valence-electron chi connectivity index (χ2n) is 11.0. The molecule has 3 aliphatic rings. The maximum Gasteiger partial charge on any atom is 0.219 e. The highest BCUT2D eigenvalue weighted by atomic mass is 16.5. The molecule has 10 nitrogen and oxygen atoms in total. The van der Waals surface area contributed by atoms with Crippen LogP contribution in [0.25, 0.3) is 11.4 Å². The fourth-order valence-corrected chi connectivity index (χ4v) is 6.12. The zero-order valence-corrected chi connectivity index (χ0v) is 23.4. The second kappa shape index (κ2) is 12.5. The van der Waals surface area contributed by atoms with E-state index in [1.807, 2.05) is 24.3 Å². The van der Waals surface area contributed by atoms with Crippen molar-refractivity contribution in [1.82, 2.24) is 20.2 Å². The van der Waals surface area contributed by atoms with E-state index in [0.717, 1.165) is 75.7 Å². The summed E-state index contributed by atoms with van der Waals surface area (Å²) in [5.74, 6) is 3.70. The minimum Gasteiger partial charge on any atom is -0.491 e. The molecule has 1 aromatic carbocycles. The number of carbonyl (C=O) groups excluding carboxylic acids is 1. The molecule has 2 N–H and O–H groups in total. The van der Waals surface area contributed by atoms with E-state index in [4.69, 9.17) is 19.4 Å². The van der Waals surface area contributed by atoms with Gasteiger partial charge in [0.2, 0.25) is 5.91 Å². The van der Waals surface area contributed by atoms with Crippen molar-refractivity contribution in [1.29, 1.82) is 0 Å². The van der Waals surface area contributed by atoms with E-state index in [1.165, 1.54) is 0 Å². The summed E-state index contributed by atoms with van der Waals surface area (Å²) in [6, 6.07) is 10.4. The minimum absolute atomic E-state index is 0.159. The molecule has 3 atom stereocenters. The number of anilines is 2. The number of fused-ring (bicyclic) bond motifs is 1. The number of rotatable bonds is 9. The van der Waals surface area contributed by atoms with Crippen LogP contribution in [-0.2, 0) is 9.53 Å². The number of carbonyl (C=O) groups is 1. The average molecular weight is 539 g/mol. The van der Waals surface area contributed by atoms with Crippen LogP contribution in [-0.4, -0.2) is 104 Å². The maximum absolute atomic E-state index is 12.3. The Hall–Kier alpha value is -2.95. The lowest BCUT2D eigenvalue weighted by molar-refractivity contribution is -0.132.